The van der Waals surface area contributed by atoms with Gasteiger partial charge in [-0.2, -0.15) is 0 Å². The van der Waals surface area contributed by atoms with Crippen LogP contribution in [0.1, 0.15) is 5.56 Å². The van der Waals surface area contributed by atoms with E-state index in [0.717, 1.165) is 49.2 Å². The van der Waals surface area contributed by atoms with Crippen molar-refractivity contribution in [1.82, 2.24) is 10.3 Å². The molecule has 2 aromatic carbocycles. The molecule has 0 atom stereocenters. The second kappa shape index (κ2) is 8.00. The predicted molar refractivity (Wildman–Crippen MR) is 133 cm³/mol. The Kier molecular flexibility index (Phi) is 4.85. The summed E-state index contributed by atoms with van der Waals surface area (Å²) in [5.41, 5.74) is 4.78. The van der Waals surface area contributed by atoms with E-state index < -0.39 is 0 Å². The van der Waals surface area contributed by atoms with Gasteiger partial charge in [-0.25, -0.2) is 4.98 Å². The van der Waals surface area contributed by atoms with Gasteiger partial charge < -0.3 is 25.2 Å². The fourth-order valence-corrected chi connectivity index (χ4v) is 5.74. The Morgan fingerprint density at radius 2 is 1.81 bits per heavy atom. The summed E-state index contributed by atoms with van der Waals surface area (Å²) in [6.07, 6.45) is 1.93. The number of thiophene rings is 1. The first kappa shape index (κ1) is 19.4. The molecule has 2 aliphatic rings. The summed E-state index contributed by atoms with van der Waals surface area (Å²) in [4.78, 5) is 10.6. The van der Waals surface area contributed by atoms with Crippen molar-refractivity contribution in [3.05, 3.63) is 66.4 Å². The van der Waals surface area contributed by atoms with Crippen molar-refractivity contribution in [3.8, 4) is 11.5 Å². The smallest absolute Gasteiger partial charge is 0.129 e. The van der Waals surface area contributed by atoms with Gasteiger partial charge in [0.15, 0.2) is 0 Å². The summed E-state index contributed by atoms with van der Waals surface area (Å²) in [5, 5.41) is 9.68. The molecule has 0 saturated carbocycles. The topological polar surface area (TPSA) is 52.7 Å². The summed E-state index contributed by atoms with van der Waals surface area (Å²) < 4.78 is 6.03. The minimum atomic E-state index is 0.724. The maximum atomic E-state index is 6.03. The molecule has 6 rings (SSSR count). The number of aryl methyl sites for hydroxylation is 1. The van der Waals surface area contributed by atoms with Crippen LogP contribution < -0.4 is 25.2 Å². The Balaban J connectivity index is 1.36. The second-order valence-electron chi connectivity index (χ2n) is 8.16. The molecule has 0 bridgehead atoms. The number of hydrogen-bond donors (Lipinski definition) is 2. The molecular weight excluding hydrogens is 418 g/mol. The molecule has 0 radical (unpaired) electrons. The van der Waals surface area contributed by atoms with E-state index in [4.69, 9.17) is 9.72 Å². The zero-order valence-corrected chi connectivity index (χ0v) is 18.8. The summed E-state index contributed by atoms with van der Waals surface area (Å²) in [7, 11) is 0. The average molecular weight is 444 g/mol. The van der Waals surface area contributed by atoms with Crippen LogP contribution in [0.5, 0.6) is 11.5 Å². The first-order valence-corrected chi connectivity index (χ1v) is 11.8. The van der Waals surface area contributed by atoms with E-state index in [1.807, 2.05) is 42.6 Å². The number of nitrogens with zero attached hydrogens (tertiary/aromatic N) is 3. The van der Waals surface area contributed by atoms with Crippen LogP contribution in [-0.4, -0.2) is 37.8 Å². The summed E-state index contributed by atoms with van der Waals surface area (Å²) in [6, 6.07) is 18.3. The van der Waals surface area contributed by atoms with Crippen LogP contribution in [0.4, 0.5) is 22.1 Å². The van der Waals surface area contributed by atoms with Gasteiger partial charge >= 0.3 is 0 Å². The number of aromatic nitrogens is 1. The molecule has 4 aromatic rings. The number of anilines is 4. The van der Waals surface area contributed by atoms with Crippen LogP contribution in [0, 0.1) is 6.92 Å². The molecule has 0 spiro atoms. The standard InChI is InChI=1S/C25H25N5OS/c1-17-15-19(31-18-5-3-2-4-6-18)7-8-20(17)30-16-28-23-22-21(30)9-10-27-24(22)32-25(23)29-13-11-26-12-14-29/h2-10,15,26,28H,11-14,16H2,1H3. The fraction of sp³-hybridized carbons (Fsp3) is 0.240. The van der Waals surface area contributed by atoms with Gasteiger partial charge in [0.1, 0.15) is 21.3 Å². The SMILES string of the molecule is Cc1cc(Oc2ccccc2)ccc1N1CNc2c(N3CCNCC3)sc3nccc1c23. The summed E-state index contributed by atoms with van der Waals surface area (Å²) in [6.45, 7) is 6.97. The number of para-hydroxylation sites is 1. The van der Waals surface area contributed by atoms with Gasteiger partial charge in [-0.1, -0.05) is 29.5 Å². The molecule has 2 aliphatic heterocycles. The minimum Gasteiger partial charge on any atom is -0.457 e. The molecule has 32 heavy (non-hydrogen) atoms. The van der Waals surface area contributed by atoms with Crippen molar-refractivity contribution in [3.63, 3.8) is 0 Å². The van der Waals surface area contributed by atoms with Crippen LogP contribution in [-0.2, 0) is 0 Å². The highest BCUT2D eigenvalue weighted by Crippen LogP contribution is 2.49. The van der Waals surface area contributed by atoms with Gasteiger partial charge in [0, 0.05) is 38.1 Å². The third-order valence-electron chi connectivity index (χ3n) is 6.10. The van der Waals surface area contributed by atoms with E-state index in [1.54, 1.807) is 11.3 Å². The molecule has 0 amide bonds. The molecule has 2 N–H and O–H groups in total. The molecule has 162 valence electrons. The molecule has 0 unspecified atom stereocenters. The summed E-state index contributed by atoms with van der Waals surface area (Å²) >= 11 is 1.79. The first-order valence-electron chi connectivity index (χ1n) is 11.0. The van der Waals surface area contributed by atoms with Gasteiger partial charge in [0.05, 0.1) is 23.4 Å². The van der Waals surface area contributed by atoms with Gasteiger partial charge in [0.25, 0.3) is 0 Å². The maximum absolute atomic E-state index is 6.03. The van der Waals surface area contributed by atoms with Gasteiger partial charge in [-0.15, -0.1) is 0 Å². The fourth-order valence-electron chi connectivity index (χ4n) is 4.55. The number of hydrogen-bond acceptors (Lipinski definition) is 7. The van der Waals surface area contributed by atoms with E-state index in [1.165, 1.54) is 33.0 Å². The Morgan fingerprint density at radius 1 is 0.969 bits per heavy atom. The van der Waals surface area contributed by atoms with E-state index in [9.17, 15) is 0 Å². The summed E-state index contributed by atoms with van der Waals surface area (Å²) in [5.74, 6) is 1.69. The van der Waals surface area contributed by atoms with Gasteiger partial charge in [-0.3, -0.25) is 0 Å². The Morgan fingerprint density at radius 3 is 2.62 bits per heavy atom. The number of nitrogens with one attached hydrogen (secondary N) is 2. The Labute approximate surface area is 191 Å². The lowest BCUT2D eigenvalue weighted by molar-refractivity contribution is 0.482. The Bertz CT molecular complexity index is 1270. The van der Waals surface area contributed by atoms with Crippen molar-refractivity contribution >= 4 is 43.6 Å². The van der Waals surface area contributed by atoms with Crippen LogP contribution in [0.2, 0.25) is 0 Å². The highest BCUT2D eigenvalue weighted by Gasteiger charge is 2.28. The molecule has 1 saturated heterocycles. The van der Waals surface area contributed by atoms with Crippen molar-refractivity contribution in [2.45, 2.75) is 6.92 Å². The third-order valence-corrected chi connectivity index (χ3v) is 7.26. The number of piperazine rings is 1. The van der Waals surface area contributed by atoms with E-state index in [0.29, 0.717) is 0 Å². The van der Waals surface area contributed by atoms with Crippen molar-refractivity contribution < 1.29 is 4.74 Å². The zero-order valence-electron chi connectivity index (χ0n) is 18.0. The highest BCUT2D eigenvalue weighted by molar-refractivity contribution is 7.23. The van der Waals surface area contributed by atoms with E-state index in [2.05, 4.69) is 45.6 Å². The quantitative estimate of drug-likeness (QED) is 0.445. The van der Waals surface area contributed by atoms with E-state index >= 15 is 0 Å². The maximum Gasteiger partial charge on any atom is 0.129 e. The average Bonchev–Trinajstić information content (AvgIpc) is 3.22. The van der Waals surface area contributed by atoms with Gasteiger partial charge in [0.2, 0.25) is 0 Å². The lowest BCUT2D eigenvalue weighted by Crippen LogP contribution is -2.43. The number of benzene rings is 2. The molecule has 4 heterocycles. The molecular formula is C25H25N5OS. The first-order chi connectivity index (χ1) is 15.8. The third kappa shape index (κ3) is 3.34. The molecule has 6 nitrogen and oxygen atoms in total. The number of ether oxygens (including phenoxy) is 1. The lowest BCUT2D eigenvalue weighted by atomic mass is 10.1. The van der Waals surface area contributed by atoms with Crippen LogP contribution in [0.3, 0.4) is 0 Å². The normalized spacial score (nSPS) is 15.7. The monoisotopic (exact) mass is 443 g/mol. The predicted octanol–water partition coefficient (Wildman–Crippen LogP) is 5.33. The zero-order chi connectivity index (χ0) is 21.5. The second-order valence-corrected chi connectivity index (χ2v) is 9.13. The van der Waals surface area contributed by atoms with Crippen LogP contribution in [0.15, 0.2) is 60.8 Å². The van der Waals surface area contributed by atoms with Crippen molar-refractivity contribution in [2.24, 2.45) is 0 Å². The molecule has 0 aliphatic carbocycles. The van der Waals surface area contributed by atoms with Crippen molar-refractivity contribution in [1.29, 1.82) is 0 Å². The van der Waals surface area contributed by atoms with E-state index in [-0.39, 0.29) is 0 Å². The minimum absolute atomic E-state index is 0.724. The van der Waals surface area contributed by atoms with Crippen molar-refractivity contribution in [2.75, 3.05) is 48.0 Å². The molecule has 2 aromatic heterocycles. The Hall–Kier alpha value is -3.29. The lowest BCUT2D eigenvalue weighted by Gasteiger charge is -2.34. The number of pyridine rings is 1. The number of rotatable bonds is 4. The largest absolute Gasteiger partial charge is 0.457 e. The highest BCUT2D eigenvalue weighted by atomic mass is 32.1. The van der Waals surface area contributed by atoms with Crippen LogP contribution >= 0.6 is 11.3 Å². The molecule has 1 fully saturated rings. The van der Waals surface area contributed by atoms with Gasteiger partial charge in [-0.05, 0) is 48.9 Å². The molecule has 7 heteroatoms. The van der Waals surface area contributed by atoms with Crippen LogP contribution in [0.25, 0.3) is 10.2 Å².